The number of esters is 1. The Kier molecular flexibility index (Phi) is 3.34. The standard InChI is InChI=1S/C7H9N3O5/c1-15-7(12)5(11)2-4-3-8-9-6(4)10(13)14/h3,5,11H,2H2,1H3,(H,8,9). The van der Waals surface area contributed by atoms with Gasteiger partial charge in [-0.3, -0.25) is 0 Å². The molecule has 1 heterocycles. The molecule has 2 N–H and O–H groups in total. The molecular formula is C7H9N3O5. The Bertz CT molecular complexity index is 374. The molecule has 1 atom stereocenters. The van der Waals surface area contributed by atoms with Crippen LogP contribution in [0.2, 0.25) is 0 Å². The number of carbonyl (C=O) groups excluding carboxylic acids is 1. The third-order valence-electron chi connectivity index (χ3n) is 1.76. The van der Waals surface area contributed by atoms with E-state index in [4.69, 9.17) is 0 Å². The van der Waals surface area contributed by atoms with Gasteiger partial charge in [-0.25, -0.2) is 4.79 Å². The lowest BCUT2D eigenvalue weighted by Gasteiger charge is -2.05. The van der Waals surface area contributed by atoms with E-state index in [1.165, 1.54) is 6.20 Å². The summed E-state index contributed by atoms with van der Waals surface area (Å²) in [6.07, 6.45) is -0.449. The van der Waals surface area contributed by atoms with Crippen molar-refractivity contribution in [3.8, 4) is 0 Å². The first-order valence-electron chi connectivity index (χ1n) is 3.98. The summed E-state index contributed by atoms with van der Waals surface area (Å²) in [5.41, 5.74) is 0.151. The number of aromatic amines is 1. The molecule has 0 aliphatic heterocycles. The summed E-state index contributed by atoms with van der Waals surface area (Å²) in [6, 6.07) is 0. The molecule has 1 unspecified atom stereocenters. The third kappa shape index (κ3) is 2.50. The summed E-state index contributed by atoms with van der Waals surface area (Å²) in [4.78, 5) is 20.6. The van der Waals surface area contributed by atoms with Crippen LogP contribution in [0, 0.1) is 10.1 Å². The van der Waals surface area contributed by atoms with Crippen molar-refractivity contribution in [2.45, 2.75) is 12.5 Å². The molecule has 0 amide bonds. The largest absolute Gasteiger partial charge is 0.467 e. The van der Waals surface area contributed by atoms with Gasteiger partial charge in [-0.1, -0.05) is 5.10 Å². The SMILES string of the molecule is COC(=O)C(O)Cc1cn[nH]c1[N+](=O)[O-]. The molecule has 0 saturated carbocycles. The maximum atomic E-state index is 10.8. The number of H-pyrrole nitrogens is 1. The molecule has 0 aliphatic rings. The van der Waals surface area contributed by atoms with E-state index in [0.29, 0.717) is 0 Å². The van der Waals surface area contributed by atoms with Crippen LogP contribution < -0.4 is 0 Å². The minimum Gasteiger partial charge on any atom is -0.467 e. The maximum absolute atomic E-state index is 10.8. The van der Waals surface area contributed by atoms with E-state index in [-0.39, 0.29) is 17.8 Å². The minimum atomic E-state index is -1.42. The van der Waals surface area contributed by atoms with Gasteiger partial charge in [-0.15, -0.1) is 5.10 Å². The highest BCUT2D eigenvalue weighted by Crippen LogP contribution is 2.15. The molecule has 1 aromatic heterocycles. The zero-order valence-corrected chi connectivity index (χ0v) is 7.84. The van der Waals surface area contributed by atoms with Crippen molar-refractivity contribution < 1.29 is 19.6 Å². The van der Waals surface area contributed by atoms with Crippen molar-refractivity contribution in [3.63, 3.8) is 0 Å². The van der Waals surface area contributed by atoms with Crippen molar-refractivity contribution in [1.82, 2.24) is 10.2 Å². The number of methoxy groups -OCH3 is 1. The lowest BCUT2D eigenvalue weighted by molar-refractivity contribution is -0.390. The molecule has 0 radical (unpaired) electrons. The Labute approximate surface area is 84.0 Å². The Morgan fingerprint density at radius 3 is 3.07 bits per heavy atom. The average Bonchev–Trinajstić information content (AvgIpc) is 2.64. The summed E-state index contributed by atoms with van der Waals surface area (Å²) in [6.45, 7) is 0. The molecule has 15 heavy (non-hydrogen) atoms. The van der Waals surface area contributed by atoms with Crippen LogP contribution in [0.15, 0.2) is 6.20 Å². The Morgan fingerprint density at radius 1 is 1.87 bits per heavy atom. The van der Waals surface area contributed by atoms with Crippen LogP contribution in [-0.4, -0.2) is 39.4 Å². The highest BCUT2D eigenvalue weighted by atomic mass is 16.6. The van der Waals surface area contributed by atoms with Gasteiger partial charge in [0.2, 0.25) is 0 Å². The number of carbonyl (C=O) groups is 1. The fourth-order valence-electron chi connectivity index (χ4n) is 1.04. The fraction of sp³-hybridized carbons (Fsp3) is 0.429. The lowest BCUT2D eigenvalue weighted by Crippen LogP contribution is -2.24. The van der Waals surface area contributed by atoms with Gasteiger partial charge in [0.1, 0.15) is 0 Å². The van der Waals surface area contributed by atoms with E-state index < -0.39 is 17.0 Å². The molecule has 0 aliphatic carbocycles. The van der Waals surface area contributed by atoms with Crippen molar-refractivity contribution in [2.75, 3.05) is 7.11 Å². The molecule has 1 aromatic rings. The number of ether oxygens (including phenoxy) is 1. The first-order valence-corrected chi connectivity index (χ1v) is 3.98. The Balaban J connectivity index is 2.76. The van der Waals surface area contributed by atoms with Crippen LogP contribution in [0.25, 0.3) is 0 Å². The van der Waals surface area contributed by atoms with Crippen LogP contribution >= 0.6 is 0 Å². The average molecular weight is 215 g/mol. The van der Waals surface area contributed by atoms with Gasteiger partial charge >= 0.3 is 11.8 Å². The Morgan fingerprint density at radius 2 is 2.53 bits per heavy atom. The molecule has 1 rings (SSSR count). The second-order valence-electron chi connectivity index (χ2n) is 2.74. The molecule has 0 fully saturated rings. The summed E-state index contributed by atoms with van der Waals surface area (Å²) in [5, 5.41) is 25.3. The molecule has 0 spiro atoms. The number of nitrogens with zero attached hydrogens (tertiary/aromatic N) is 2. The lowest BCUT2D eigenvalue weighted by atomic mass is 10.1. The number of rotatable bonds is 4. The molecule has 82 valence electrons. The summed E-state index contributed by atoms with van der Waals surface area (Å²) >= 11 is 0. The molecule has 8 nitrogen and oxygen atoms in total. The minimum absolute atomic E-state index is 0.151. The first-order chi connectivity index (χ1) is 7.06. The van der Waals surface area contributed by atoms with Crippen LogP contribution in [-0.2, 0) is 16.0 Å². The second kappa shape index (κ2) is 4.51. The van der Waals surface area contributed by atoms with Gasteiger partial charge in [-0.05, 0) is 4.92 Å². The normalized spacial score (nSPS) is 12.1. The van der Waals surface area contributed by atoms with Crippen LogP contribution in [0.4, 0.5) is 5.82 Å². The fourth-order valence-corrected chi connectivity index (χ4v) is 1.04. The quantitative estimate of drug-likeness (QED) is 0.393. The monoisotopic (exact) mass is 215 g/mol. The smallest absolute Gasteiger partial charge is 0.345 e. The topological polar surface area (TPSA) is 118 Å². The van der Waals surface area contributed by atoms with Gasteiger partial charge in [0, 0.05) is 6.42 Å². The number of aromatic nitrogens is 2. The second-order valence-corrected chi connectivity index (χ2v) is 2.74. The number of nitro groups is 1. The van der Waals surface area contributed by atoms with Crippen LogP contribution in [0.1, 0.15) is 5.56 Å². The molecular weight excluding hydrogens is 206 g/mol. The van der Waals surface area contributed by atoms with Crippen molar-refractivity contribution in [3.05, 3.63) is 21.9 Å². The van der Waals surface area contributed by atoms with Gasteiger partial charge in [0.05, 0.1) is 18.9 Å². The van der Waals surface area contributed by atoms with Gasteiger partial charge in [0.15, 0.2) is 6.10 Å². The zero-order valence-electron chi connectivity index (χ0n) is 7.84. The number of aliphatic hydroxyl groups is 1. The number of hydrogen-bond acceptors (Lipinski definition) is 6. The van der Waals surface area contributed by atoms with E-state index in [1.807, 2.05) is 0 Å². The zero-order chi connectivity index (χ0) is 11.4. The highest BCUT2D eigenvalue weighted by Gasteiger charge is 2.22. The van der Waals surface area contributed by atoms with E-state index in [1.54, 1.807) is 0 Å². The van der Waals surface area contributed by atoms with Crippen LogP contribution in [0.3, 0.4) is 0 Å². The van der Waals surface area contributed by atoms with Gasteiger partial charge in [-0.2, -0.15) is 0 Å². The third-order valence-corrected chi connectivity index (χ3v) is 1.76. The van der Waals surface area contributed by atoms with Crippen LogP contribution in [0.5, 0.6) is 0 Å². The molecule has 0 bridgehead atoms. The maximum Gasteiger partial charge on any atom is 0.345 e. The van der Waals surface area contributed by atoms with Gasteiger partial charge in [0.25, 0.3) is 0 Å². The summed E-state index contributed by atoms with van der Waals surface area (Å²) < 4.78 is 4.27. The molecule has 0 aromatic carbocycles. The summed E-state index contributed by atoms with van der Waals surface area (Å²) in [5.74, 6) is -1.18. The van der Waals surface area contributed by atoms with Crippen molar-refractivity contribution in [2.24, 2.45) is 0 Å². The van der Waals surface area contributed by atoms with Gasteiger partial charge < -0.3 is 20.0 Å². The number of hydrogen-bond donors (Lipinski definition) is 2. The number of aliphatic hydroxyl groups excluding tert-OH is 1. The summed E-state index contributed by atoms with van der Waals surface area (Å²) in [7, 11) is 1.12. The van der Waals surface area contributed by atoms with E-state index in [9.17, 15) is 20.0 Å². The van der Waals surface area contributed by atoms with E-state index in [2.05, 4.69) is 14.9 Å². The number of nitrogens with one attached hydrogen (secondary N) is 1. The molecule has 0 saturated heterocycles. The predicted octanol–water partition coefficient (Wildman–Crippen LogP) is -0.606. The van der Waals surface area contributed by atoms with Crippen molar-refractivity contribution in [1.29, 1.82) is 0 Å². The molecule has 8 heteroatoms. The first kappa shape index (κ1) is 11.1. The van der Waals surface area contributed by atoms with E-state index in [0.717, 1.165) is 7.11 Å². The predicted molar refractivity (Wildman–Crippen MR) is 47.0 cm³/mol. The van der Waals surface area contributed by atoms with Crippen molar-refractivity contribution >= 4 is 11.8 Å². The Hall–Kier alpha value is -1.96. The highest BCUT2D eigenvalue weighted by molar-refractivity contribution is 5.74. The van der Waals surface area contributed by atoms with E-state index >= 15 is 0 Å².